The van der Waals surface area contributed by atoms with Gasteiger partial charge in [-0.3, -0.25) is 4.79 Å². The van der Waals surface area contributed by atoms with Gasteiger partial charge >= 0.3 is 0 Å². The van der Waals surface area contributed by atoms with Crippen LogP contribution in [0.3, 0.4) is 0 Å². The van der Waals surface area contributed by atoms with Crippen LogP contribution in [0.2, 0.25) is 0 Å². The summed E-state index contributed by atoms with van der Waals surface area (Å²) in [6, 6.07) is 28.1. The maximum atomic E-state index is 13.0. The fourth-order valence-electron chi connectivity index (χ4n) is 3.81. The molecule has 4 rings (SSSR count). The minimum Gasteiger partial charge on any atom is -0.312 e. The summed E-state index contributed by atoms with van der Waals surface area (Å²) in [5, 5.41) is 11.1. The number of pyridine rings is 1. The molecule has 29 heavy (non-hydrogen) atoms. The topological polar surface area (TPSA) is 45.8 Å². The molecule has 3 heteroatoms. The standard InChI is InChI=1S/C26H22N2O/c1-2-15-28-23(17-21-7-3-6-10-25(21)26(28)29)16-19-11-13-20(14-12-19)24-9-5-4-8-22(24)18-27/h3-14,17H,2,15-16H2,1H3. The van der Waals surface area contributed by atoms with Gasteiger partial charge in [-0.2, -0.15) is 5.26 Å². The molecule has 0 aliphatic carbocycles. The lowest BCUT2D eigenvalue weighted by atomic mass is 9.98. The molecule has 0 aliphatic heterocycles. The molecule has 3 nitrogen and oxygen atoms in total. The number of rotatable bonds is 5. The van der Waals surface area contributed by atoms with Gasteiger partial charge in [0.05, 0.1) is 11.6 Å². The lowest BCUT2D eigenvalue weighted by Gasteiger charge is -2.14. The maximum absolute atomic E-state index is 13.0. The third kappa shape index (κ3) is 3.70. The Morgan fingerprint density at radius 3 is 2.41 bits per heavy atom. The number of hydrogen-bond acceptors (Lipinski definition) is 2. The average molecular weight is 378 g/mol. The normalized spacial score (nSPS) is 10.8. The van der Waals surface area contributed by atoms with Crippen molar-refractivity contribution >= 4 is 10.8 Å². The first-order chi connectivity index (χ1) is 14.2. The molecule has 0 atom stereocenters. The Hall–Kier alpha value is -3.64. The van der Waals surface area contributed by atoms with Crippen molar-refractivity contribution in [2.75, 3.05) is 0 Å². The lowest BCUT2D eigenvalue weighted by molar-refractivity contribution is 0.631. The van der Waals surface area contributed by atoms with Gasteiger partial charge in [-0.15, -0.1) is 0 Å². The van der Waals surface area contributed by atoms with E-state index in [1.54, 1.807) is 0 Å². The van der Waals surface area contributed by atoms with Crippen LogP contribution in [-0.4, -0.2) is 4.57 Å². The Labute approximate surface area is 170 Å². The Morgan fingerprint density at radius 1 is 0.931 bits per heavy atom. The summed E-state index contributed by atoms with van der Waals surface area (Å²) < 4.78 is 1.90. The first-order valence-corrected chi connectivity index (χ1v) is 9.91. The predicted octanol–water partition coefficient (Wildman–Crippen LogP) is 5.54. The van der Waals surface area contributed by atoms with Crippen LogP contribution in [0.4, 0.5) is 0 Å². The molecule has 3 aromatic carbocycles. The van der Waals surface area contributed by atoms with Crippen LogP contribution < -0.4 is 5.56 Å². The zero-order valence-corrected chi connectivity index (χ0v) is 16.4. The fourth-order valence-corrected chi connectivity index (χ4v) is 3.81. The van der Waals surface area contributed by atoms with E-state index in [2.05, 4.69) is 43.3 Å². The third-order valence-electron chi connectivity index (χ3n) is 5.25. The Balaban J connectivity index is 1.71. The molecule has 0 amide bonds. The average Bonchev–Trinajstić information content (AvgIpc) is 2.77. The van der Waals surface area contributed by atoms with E-state index in [9.17, 15) is 10.1 Å². The molecule has 0 radical (unpaired) electrons. The molecule has 1 heterocycles. The van der Waals surface area contributed by atoms with E-state index >= 15 is 0 Å². The Morgan fingerprint density at radius 2 is 1.66 bits per heavy atom. The van der Waals surface area contributed by atoms with Gasteiger partial charge in [-0.25, -0.2) is 0 Å². The maximum Gasteiger partial charge on any atom is 0.258 e. The van der Waals surface area contributed by atoms with Crippen LogP contribution in [0.15, 0.2) is 83.7 Å². The highest BCUT2D eigenvalue weighted by Crippen LogP contribution is 2.24. The summed E-state index contributed by atoms with van der Waals surface area (Å²) in [6.07, 6.45) is 1.61. The van der Waals surface area contributed by atoms with Gasteiger partial charge in [0, 0.05) is 24.0 Å². The summed E-state index contributed by atoms with van der Waals surface area (Å²) in [5.74, 6) is 0. The molecule has 0 bridgehead atoms. The highest BCUT2D eigenvalue weighted by molar-refractivity contribution is 5.82. The van der Waals surface area contributed by atoms with Gasteiger partial charge in [0.1, 0.15) is 0 Å². The minimum atomic E-state index is 0.0829. The summed E-state index contributed by atoms with van der Waals surface area (Å²) in [4.78, 5) is 13.0. The van der Waals surface area contributed by atoms with Crippen LogP contribution in [-0.2, 0) is 13.0 Å². The second kappa shape index (κ2) is 8.16. The molecule has 0 N–H and O–H groups in total. The number of benzene rings is 3. The van der Waals surface area contributed by atoms with Crippen LogP contribution in [0.1, 0.15) is 30.2 Å². The largest absolute Gasteiger partial charge is 0.312 e. The highest BCUT2D eigenvalue weighted by atomic mass is 16.1. The second-order valence-corrected chi connectivity index (χ2v) is 7.21. The van der Waals surface area contributed by atoms with Crippen molar-refractivity contribution in [1.82, 2.24) is 4.57 Å². The van der Waals surface area contributed by atoms with Crippen molar-refractivity contribution in [3.05, 3.63) is 106 Å². The van der Waals surface area contributed by atoms with E-state index in [1.807, 2.05) is 53.1 Å². The molecule has 142 valence electrons. The van der Waals surface area contributed by atoms with Gasteiger partial charge in [-0.1, -0.05) is 67.6 Å². The summed E-state index contributed by atoms with van der Waals surface area (Å²) in [5.41, 5.74) is 4.89. The quantitative estimate of drug-likeness (QED) is 0.458. The van der Waals surface area contributed by atoms with Crippen molar-refractivity contribution in [1.29, 1.82) is 5.26 Å². The van der Waals surface area contributed by atoms with Gasteiger partial charge < -0.3 is 4.57 Å². The van der Waals surface area contributed by atoms with Gasteiger partial charge in [0.25, 0.3) is 5.56 Å². The van der Waals surface area contributed by atoms with E-state index < -0.39 is 0 Å². The Kier molecular flexibility index (Phi) is 5.27. The number of nitrogens with zero attached hydrogens (tertiary/aromatic N) is 2. The first-order valence-electron chi connectivity index (χ1n) is 9.91. The molecule has 0 saturated carbocycles. The van der Waals surface area contributed by atoms with E-state index in [0.717, 1.165) is 39.6 Å². The highest BCUT2D eigenvalue weighted by Gasteiger charge is 2.10. The molecule has 0 saturated heterocycles. The molecular weight excluding hydrogens is 356 g/mol. The third-order valence-corrected chi connectivity index (χ3v) is 5.25. The summed E-state index contributed by atoms with van der Waals surface area (Å²) in [6.45, 7) is 2.81. The van der Waals surface area contributed by atoms with Gasteiger partial charge in [0.2, 0.25) is 0 Å². The van der Waals surface area contributed by atoms with Crippen LogP contribution in [0.25, 0.3) is 21.9 Å². The van der Waals surface area contributed by atoms with Crippen LogP contribution in [0, 0.1) is 11.3 Å². The molecule has 0 fully saturated rings. The summed E-state index contributed by atoms with van der Waals surface area (Å²) in [7, 11) is 0. The molecular formula is C26H22N2O. The molecule has 0 unspecified atom stereocenters. The molecule has 0 spiro atoms. The number of aromatic nitrogens is 1. The fraction of sp³-hybridized carbons (Fsp3) is 0.154. The first kappa shape index (κ1) is 18.7. The zero-order valence-electron chi connectivity index (χ0n) is 16.4. The van der Waals surface area contributed by atoms with Crippen LogP contribution in [0.5, 0.6) is 0 Å². The molecule has 1 aromatic heterocycles. The van der Waals surface area contributed by atoms with Crippen molar-refractivity contribution in [3.8, 4) is 17.2 Å². The zero-order chi connectivity index (χ0) is 20.2. The van der Waals surface area contributed by atoms with E-state index in [0.29, 0.717) is 18.5 Å². The van der Waals surface area contributed by atoms with Gasteiger partial charge in [-0.05, 0) is 46.7 Å². The lowest BCUT2D eigenvalue weighted by Crippen LogP contribution is -2.23. The SMILES string of the molecule is CCCn1c(Cc2ccc(-c3ccccc3C#N)cc2)cc2ccccc2c1=O. The molecule has 4 aromatic rings. The predicted molar refractivity (Wildman–Crippen MR) is 118 cm³/mol. The molecule has 0 aliphatic rings. The number of fused-ring (bicyclic) bond motifs is 1. The second-order valence-electron chi connectivity index (χ2n) is 7.21. The van der Waals surface area contributed by atoms with E-state index in [1.165, 1.54) is 0 Å². The van der Waals surface area contributed by atoms with Crippen molar-refractivity contribution in [2.24, 2.45) is 0 Å². The van der Waals surface area contributed by atoms with E-state index in [4.69, 9.17) is 0 Å². The minimum absolute atomic E-state index is 0.0829. The number of nitriles is 1. The smallest absolute Gasteiger partial charge is 0.258 e. The van der Waals surface area contributed by atoms with Gasteiger partial charge in [0.15, 0.2) is 0 Å². The number of hydrogen-bond donors (Lipinski definition) is 0. The van der Waals surface area contributed by atoms with Crippen LogP contribution >= 0.6 is 0 Å². The van der Waals surface area contributed by atoms with Crippen molar-refractivity contribution < 1.29 is 0 Å². The van der Waals surface area contributed by atoms with Crippen molar-refractivity contribution in [2.45, 2.75) is 26.3 Å². The monoisotopic (exact) mass is 378 g/mol. The van der Waals surface area contributed by atoms with Crippen molar-refractivity contribution in [3.63, 3.8) is 0 Å². The summed E-state index contributed by atoms with van der Waals surface area (Å²) >= 11 is 0. The van der Waals surface area contributed by atoms with E-state index in [-0.39, 0.29) is 5.56 Å². The Bertz CT molecular complexity index is 1260.